The number of hydrogen-bond donors (Lipinski definition) is 1. The molecule has 4 rings (SSSR count). The van der Waals surface area contributed by atoms with Crippen LogP contribution in [0.4, 0.5) is 0 Å². The van der Waals surface area contributed by atoms with Crippen LogP contribution in [0, 0.1) is 0 Å². The Morgan fingerprint density at radius 3 is 2.64 bits per heavy atom. The van der Waals surface area contributed by atoms with E-state index in [1.54, 1.807) is 35.2 Å². The van der Waals surface area contributed by atoms with E-state index in [1.165, 1.54) is 19.3 Å². The molecule has 3 heterocycles. The third-order valence-electron chi connectivity index (χ3n) is 4.95. The smallest absolute Gasteiger partial charge is 0.270 e. The van der Waals surface area contributed by atoms with Gasteiger partial charge in [0.05, 0.1) is 12.0 Å². The number of furan rings is 1. The molecule has 2 aromatic heterocycles. The first-order chi connectivity index (χ1) is 13.7. The van der Waals surface area contributed by atoms with Crippen molar-refractivity contribution in [2.45, 2.75) is 19.3 Å². The topological polar surface area (TPSA) is 63.3 Å². The minimum Gasteiger partial charge on any atom is -0.463 e. The summed E-state index contributed by atoms with van der Waals surface area (Å²) in [6.45, 7) is 3.70. The van der Waals surface area contributed by atoms with Gasteiger partial charge >= 0.3 is 0 Å². The van der Waals surface area contributed by atoms with Crippen LogP contribution >= 0.6 is 11.6 Å². The molecule has 3 aromatic rings. The van der Waals surface area contributed by atoms with Gasteiger partial charge in [0.1, 0.15) is 11.4 Å². The predicted octanol–water partition coefficient (Wildman–Crippen LogP) is 4.00. The van der Waals surface area contributed by atoms with Gasteiger partial charge in [0.2, 0.25) is 0 Å². The van der Waals surface area contributed by atoms with Crippen LogP contribution in [0.2, 0.25) is 5.02 Å². The summed E-state index contributed by atoms with van der Waals surface area (Å²) >= 11 is 6.00. The van der Waals surface area contributed by atoms with Crippen molar-refractivity contribution in [3.05, 3.63) is 59.4 Å². The third-order valence-corrected chi connectivity index (χ3v) is 5.20. The van der Waals surface area contributed by atoms with Crippen LogP contribution in [-0.4, -0.2) is 46.8 Å². The van der Waals surface area contributed by atoms with Crippen molar-refractivity contribution in [3.63, 3.8) is 0 Å². The average molecular weight is 399 g/mol. The van der Waals surface area contributed by atoms with Crippen molar-refractivity contribution in [2.24, 2.45) is 0 Å². The fourth-order valence-electron chi connectivity index (χ4n) is 3.47. The number of aromatic nitrogens is 2. The molecule has 1 aromatic carbocycles. The Kier molecular flexibility index (Phi) is 5.78. The molecule has 1 aliphatic rings. The predicted molar refractivity (Wildman–Crippen MR) is 109 cm³/mol. The number of amides is 1. The molecule has 1 amide bonds. The number of rotatable bonds is 6. The first kappa shape index (κ1) is 18.8. The minimum atomic E-state index is -0.155. The van der Waals surface area contributed by atoms with E-state index < -0.39 is 0 Å². The second-order valence-corrected chi connectivity index (χ2v) is 7.37. The molecule has 0 spiro atoms. The van der Waals surface area contributed by atoms with Gasteiger partial charge in [-0.2, -0.15) is 5.10 Å². The molecule has 0 saturated carbocycles. The first-order valence-corrected chi connectivity index (χ1v) is 9.99. The summed E-state index contributed by atoms with van der Waals surface area (Å²) in [5.41, 5.74) is 1.84. The molecule has 1 aliphatic heterocycles. The Balaban J connectivity index is 1.53. The van der Waals surface area contributed by atoms with Crippen LogP contribution in [0.25, 0.3) is 17.1 Å². The fraction of sp³-hybridized carbons (Fsp3) is 0.333. The molecule has 7 heteroatoms. The maximum absolute atomic E-state index is 12.9. The second-order valence-electron chi connectivity index (χ2n) is 6.94. The van der Waals surface area contributed by atoms with Crippen LogP contribution in [-0.2, 0) is 0 Å². The molecule has 0 bridgehead atoms. The lowest BCUT2D eigenvalue weighted by Crippen LogP contribution is -2.38. The van der Waals surface area contributed by atoms with Gasteiger partial charge in [0, 0.05) is 24.2 Å². The quantitative estimate of drug-likeness (QED) is 0.681. The standard InChI is InChI=1S/C21H23ClN4O2/c22-16-6-8-17(9-7-16)26-19(15-18(24-26)20-5-4-14-28-20)21(27)23-10-13-25-11-2-1-3-12-25/h4-9,14-15H,1-3,10-13H2,(H,23,27). The number of nitrogens with zero attached hydrogens (tertiary/aromatic N) is 3. The number of carbonyl (C=O) groups is 1. The van der Waals surface area contributed by atoms with E-state index in [4.69, 9.17) is 16.0 Å². The molecule has 0 unspecified atom stereocenters. The third kappa shape index (κ3) is 4.29. The zero-order valence-corrected chi connectivity index (χ0v) is 16.4. The minimum absolute atomic E-state index is 0.155. The SMILES string of the molecule is O=C(NCCN1CCCCC1)c1cc(-c2ccco2)nn1-c1ccc(Cl)cc1. The molecular formula is C21H23ClN4O2. The number of likely N-dealkylation sites (tertiary alicyclic amines) is 1. The highest BCUT2D eigenvalue weighted by atomic mass is 35.5. The van der Waals surface area contributed by atoms with Crippen molar-refractivity contribution in [3.8, 4) is 17.1 Å². The Morgan fingerprint density at radius 2 is 1.93 bits per heavy atom. The van der Waals surface area contributed by atoms with E-state index in [0.29, 0.717) is 28.7 Å². The summed E-state index contributed by atoms with van der Waals surface area (Å²) in [4.78, 5) is 15.3. The van der Waals surface area contributed by atoms with Gasteiger partial charge in [-0.3, -0.25) is 4.79 Å². The van der Waals surface area contributed by atoms with E-state index in [1.807, 2.05) is 18.2 Å². The van der Waals surface area contributed by atoms with Crippen molar-refractivity contribution in [1.82, 2.24) is 20.0 Å². The molecule has 1 saturated heterocycles. The summed E-state index contributed by atoms with van der Waals surface area (Å²) < 4.78 is 7.08. The van der Waals surface area contributed by atoms with Gasteiger partial charge in [-0.15, -0.1) is 0 Å². The lowest BCUT2D eigenvalue weighted by molar-refractivity contribution is 0.0939. The highest BCUT2D eigenvalue weighted by Gasteiger charge is 2.19. The molecule has 28 heavy (non-hydrogen) atoms. The fourth-order valence-corrected chi connectivity index (χ4v) is 3.59. The number of piperidine rings is 1. The molecule has 146 valence electrons. The van der Waals surface area contributed by atoms with Crippen LogP contribution in [0.3, 0.4) is 0 Å². The highest BCUT2D eigenvalue weighted by molar-refractivity contribution is 6.30. The largest absolute Gasteiger partial charge is 0.463 e. The summed E-state index contributed by atoms with van der Waals surface area (Å²) in [5, 5.41) is 8.24. The number of carbonyl (C=O) groups excluding carboxylic acids is 1. The molecule has 6 nitrogen and oxygen atoms in total. The van der Waals surface area contributed by atoms with Crippen molar-refractivity contribution >= 4 is 17.5 Å². The van der Waals surface area contributed by atoms with Crippen LogP contribution in [0.15, 0.2) is 53.1 Å². The van der Waals surface area contributed by atoms with E-state index in [9.17, 15) is 4.79 Å². The van der Waals surface area contributed by atoms with E-state index in [0.717, 1.165) is 25.3 Å². The van der Waals surface area contributed by atoms with Gasteiger partial charge in [0.25, 0.3) is 5.91 Å². The van der Waals surface area contributed by atoms with Gasteiger partial charge in [-0.25, -0.2) is 4.68 Å². The second kappa shape index (κ2) is 8.63. The Morgan fingerprint density at radius 1 is 1.14 bits per heavy atom. The maximum atomic E-state index is 12.9. The molecule has 0 atom stereocenters. The average Bonchev–Trinajstić information content (AvgIpc) is 3.39. The van der Waals surface area contributed by atoms with Crippen molar-refractivity contribution in [2.75, 3.05) is 26.2 Å². The zero-order chi connectivity index (χ0) is 19.3. The molecule has 1 N–H and O–H groups in total. The van der Waals surface area contributed by atoms with Crippen molar-refractivity contribution in [1.29, 1.82) is 0 Å². The molecular weight excluding hydrogens is 376 g/mol. The molecule has 0 aliphatic carbocycles. The maximum Gasteiger partial charge on any atom is 0.270 e. The lowest BCUT2D eigenvalue weighted by Gasteiger charge is -2.26. The summed E-state index contributed by atoms with van der Waals surface area (Å²) in [6.07, 6.45) is 5.38. The van der Waals surface area contributed by atoms with E-state index in [-0.39, 0.29) is 5.91 Å². The summed E-state index contributed by atoms with van der Waals surface area (Å²) in [6, 6.07) is 12.6. The van der Waals surface area contributed by atoms with E-state index >= 15 is 0 Å². The Labute approximate surface area is 169 Å². The summed E-state index contributed by atoms with van der Waals surface area (Å²) in [5.74, 6) is 0.465. The number of halogens is 1. The zero-order valence-electron chi connectivity index (χ0n) is 15.6. The Hall–Kier alpha value is -2.57. The van der Waals surface area contributed by atoms with Gasteiger partial charge in [-0.1, -0.05) is 18.0 Å². The Bertz CT molecular complexity index is 913. The van der Waals surface area contributed by atoms with Crippen LogP contribution in [0.5, 0.6) is 0 Å². The lowest BCUT2D eigenvalue weighted by atomic mass is 10.1. The number of nitrogens with one attached hydrogen (secondary N) is 1. The van der Waals surface area contributed by atoms with Crippen molar-refractivity contribution < 1.29 is 9.21 Å². The van der Waals surface area contributed by atoms with Gasteiger partial charge < -0.3 is 14.6 Å². The van der Waals surface area contributed by atoms with E-state index in [2.05, 4.69) is 15.3 Å². The number of benzene rings is 1. The number of hydrogen-bond acceptors (Lipinski definition) is 4. The first-order valence-electron chi connectivity index (χ1n) is 9.61. The van der Waals surface area contributed by atoms with Gasteiger partial charge in [0.15, 0.2) is 5.76 Å². The van der Waals surface area contributed by atoms with Crippen LogP contribution in [0.1, 0.15) is 29.8 Å². The molecule has 0 radical (unpaired) electrons. The van der Waals surface area contributed by atoms with Gasteiger partial charge in [-0.05, 0) is 62.3 Å². The molecule has 1 fully saturated rings. The summed E-state index contributed by atoms with van der Waals surface area (Å²) in [7, 11) is 0. The normalized spacial score (nSPS) is 14.9. The van der Waals surface area contributed by atoms with Crippen LogP contribution < -0.4 is 5.32 Å². The highest BCUT2D eigenvalue weighted by Crippen LogP contribution is 2.23. The monoisotopic (exact) mass is 398 g/mol.